The largest absolute Gasteiger partial charge is 0.478 e. The summed E-state index contributed by atoms with van der Waals surface area (Å²) in [5.74, 6) is -2.74. The summed E-state index contributed by atoms with van der Waals surface area (Å²) in [6.45, 7) is 0. The number of hydrogen-bond acceptors (Lipinski definition) is 3. The van der Waals surface area contributed by atoms with Gasteiger partial charge in [-0.1, -0.05) is 36.4 Å². The molecule has 0 bridgehead atoms. The van der Waals surface area contributed by atoms with E-state index in [4.69, 9.17) is 5.11 Å². The molecule has 2 rings (SSSR count). The number of aromatic carboxylic acids is 1. The van der Waals surface area contributed by atoms with Crippen molar-refractivity contribution in [1.29, 1.82) is 0 Å². The molecule has 20 heavy (non-hydrogen) atoms. The van der Waals surface area contributed by atoms with Gasteiger partial charge < -0.3 is 5.11 Å². The van der Waals surface area contributed by atoms with Crippen molar-refractivity contribution in [2.24, 2.45) is 0 Å². The molecule has 0 aromatic heterocycles. The van der Waals surface area contributed by atoms with Gasteiger partial charge in [0.1, 0.15) is 4.90 Å². The van der Waals surface area contributed by atoms with E-state index < -0.39 is 32.1 Å². The lowest BCUT2D eigenvalue weighted by atomic mass is 10.0. The first-order valence-corrected chi connectivity index (χ1v) is 7.53. The third-order valence-electron chi connectivity index (χ3n) is 2.78. The molecule has 0 atom stereocenters. The van der Waals surface area contributed by atoms with Crippen LogP contribution in [-0.4, -0.2) is 25.7 Å². The van der Waals surface area contributed by atoms with Crippen LogP contribution in [0.25, 0.3) is 11.1 Å². The molecule has 0 aliphatic heterocycles. The van der Waals surface area contributed by atoms with Crippen molar-refractivity contribution in [3.8, 4) is 11.1 Å². The highest BCUT2D eigenvalue weighted by Gasteiger charge is 2.25. The van der Waals surface area contributed by atoms with Crippen molar-refractivity contribution in [1.82, 2.24) is 0 Å². The van der Waals surface area contributed by atoms with Crippen molar-refractivity contribution < 1.29 is 22.7 Å². The molecule has 0 spiro atoms. The fourth-order valence-corrected chi connectivity index (χ4v) is 2.95. The van der Waals surface area contributed by atoms with Crippen LogP contribution in [0.4, 0.5) is 4.39 Å². The summed E-state index contributed by atoms with van der Waals surface area (Å²) in [6.07, 6.45) is 0.851. The molecule has 1 N–H and O–H groups in total. The van der Waals surface area contributed by atoms with Crippen molar-refractivity contribution in [3.63, 3.8) is 0 Å². The smallest absolute Gasteiger partial charge is 0.338 e. The summed E-state index contributed by atoms with van der Waals surface area (Å²) in [6, 6.07) is 10.7. The second-order valence-corrected chi connectivity index (χ2v) is 6.20. The highest BCUT2D eigenvalue weighted by Crippen LogP contribution is 2.31. The van der Waals surface area contributed by atoms with Crippen LogP contribution in [0.2, 0.25) is 0 Å². The number of carboxylic acids is 1. The molecule has 0 heterocycles. The predicted molar refractivity (Wildman–Crippen MR) is 71.9 cm³/mol. The number of carboxylic acid groups (broad SMARTS) is 1. The molecule has 0 saturated carbocycles. The molecular formula is C14H11FO4S. The van der Waals surface area contributed by atoms with E-state index in [-0.39, 0.29) is 5.56 Å². The van der Waals surface area contributed by atoms with E-state index in [1.807, 2.05) is 0 Å². The maximum absolute atomic E-state index is 14.2. The van der Waals surface area contributed by atoms with Gasteiger partial charge in [-0.05, 0) is 11.6 Å². The third kappa shape index (κ3) is 2.55. The summed E-state index contributed by atoms with van der Waals surface area (Å²) in [7, 11) is -3.91. The van der Waals surface area contributed by atoms with Crippen molar-refractivity contribution >= 4 is 15.8 Å². The van der Waals surface area contributed by atoms with E-state index in [9.17, 15) is 17.6 Å². The fraction of sp³-hybridized carbons (Fsp3) is 0.0714. The van der Waals surface area contributed by atoms with Crippen molar-refractivity contribution in [3.05, 3.63) is 53.8 Å². The Kier molecular flexibility index (Phi) is 3.59. The van der Waals surface area contributed by atoms with E-state index in [0.717, 1.165) is 12.3 Å². The Hall–Kier alpha value is -2.21. The number of carbonyl (C=O) groups is 1. The van der Waals surface area contributed by atoms with Gasteiger partial charge >= 0.3 is 5.97 Å². The van der Waals surface area contributed by atoms with Crippen LogP contribution in [0, 0.1) is 5.82 Å². The second kappa shape index (κ2) is 5.05. The Morgan fingerprint density at radius 2 is 1.70 bits per heavy atom. The van der Waals surface area contributed by atoms with E-state index in [0.29, 0.717) is 5.56 Å². The first kappa shape index (κ1) is 14.2. The predicted octanol–water partition coefficient (Wildman–Crippen LogP) is 2.59. The Morgan fingerprint density at radius 1 is 1.10 bits per heavy atom. The molecule has 0 aliphatic rings. The summed E-state index contributed by atoms with van der Waals surface area (Å²) in [4.78, 5) is 10.3. The Bertz CT molecular complexity index is 767. The summed E-state index contributed by atoms with van der Waals surface area (Å²) < 4.78 is 37.8. The number of hydrogen-bond donors (Lipinski definition) is 1. The Labute approximate surface area is 115 Å². The fourth-order valence-electron chi connectivity index (χ4n) is 1.93. The molecule has 0 unspecified atom stereocenters. The average molecular weight is 294 g/mol. The maximum atomic E-state index is 14.2. The van der Waals surface area contributed by atoms with E-state index >= 15 is 0 Å². The minimum atomic E-state index is -3.91. The minimum Gasteiger partial charge on any atom is -0.478 e. The van der Waals surface area contributed by atoms with Gasteiger partial charge in [-0.2, -0.15) is 0 Å². The summed E-state index contributed by atoms with van der Waals surface area (Å²) >= 11 is 0. The standard InChI is InChI=1S/C14H11FO4S/c1-20(18,19)13-10(9-5-3-2-4-6-9)7-8-11(12(13)15)14(16)17/h2-8H,1H3,(H,16,17). The van der Waals surface area contributed by atoms with Gasteiger partial charge in [-0.25, -0.2) is 17.6 Å². The molecule has 0 amide bonds. The van der Waals surface area contributed by atoms with Gasteiger partial charge in [-0.15, -0.1) is 0 Å². The molecule has 6 heteroatoms. The lowest BCUT2D eigenvalue weighted by Gasteiger charge is -2.11. The van der Waals surface area contributed by atoms with Crippen LogP contribution in [0.5, 0.6) is 0 Å². The second-order valence-electron chi connectivity index (χ2n) is 4.25. The van der Waals surface area contributed by atoms with Crippen LogP contribution >= 0.6 is 0 Å². The molecule has 0 aliphatic carbocycles. The summed E-state index contributed by atoms with van der Waals surface area (Å²) in [5.41, 5.74) is -0.00975. The van der Waals surface area contributed by atoms with Crippen LogP contribution in [0.1, 0.15) is 10.4 Å². The van der Waals surface area contributed by atoms with Gasteiger partial charge in [0.15, 0.2) is 15.7 Å². The topological polar surface area (TPSA) is 71.4 Å². The van der Waals surface area contributed by atoms with Crippen LogP contribution in [0.3, 0.4) is 0 Å². The quantitative estimate of drug-likeness (QED) is 0.944. The van der Waals surface area contributed by atoms with Gasteiger partial charge in [-0.3, -0.25) is 0 Å². The highest BCUT2D eigenvalue weighted by atomic mass is 32.2. The molecule has 2 aromatic rings. The maximum Gasteiger partial charge on any atom is 0.338 e. The van der Waals surface area contributed by atoms with Crippen molar-refractivity contribution in [2.75, 3.05) is 6.26 Å². The van der Waals surface area contributed by atoms with Crippen LogP contribution < -0.4 is 0 Å². The monoisotopic (exact) mass is 294 g/mol. The highest BCUT2D eigenvalue weighted by molar-refractivity contribution is 7.90. The molecule has 2 aromatic carbocycles. The normalized spacial score (nSPS) is 11.3. The molecule has 0 fully saturated rings. The summed E-state index contributed by atoms with van der Waals surface area (Å²) in [5, 5.41) is 8.88. The molecule has 0 saturated heterocycles. The number of rotatable bonds is 3. The third-order valence-corrected chi connectivity index (χ3v) is 3.92. The van der Waals surface area contributed by atoms with E-state index in [2.05, 4.69) is 0 Å². The van der Waals surface area contributed by atoms with Gasteiger partial charge in [0.05, 0.1) is 5.56 Å². The molecule has 4 nitrogen and oxygen atoms in total. The SMILES string of the molecule is CS(=O)(=O)c1c(-c2ccccc2)ccc(C(=O)O)c1F. The first-order chi connectivity index (χ1) is 9.32. The zero-order chi connectivity index (χ0) is 14.9. The molecule has 104 valence electrons. The minimum absolute atomic E-state index is 0.149. The van der Waals surface area contributed by atoms with Gasteiger partial charge in [0, 0.05) is 11.8 Å². The Morgan fingerprint density at radius 3 is 2.20 bits per heavy atom. The van der Waals surface area contributed by atoms with Crippen LogP contribution in [0.15, 0.2) is 47.4 Å². The van der Waals surface area contributed by atoms with Crippen LogP contribution in [-0.2, 0) is 9.84 Å². The molecule has 0 radical (unpaired) electrons. The average Bonchev–Trinajstić information content (AvgIpc) is 2.37. The lowest BCUT2D eigenvalue weighted by molar-refractivity contribution is 0.0691. The zero-order valence-corrected chi connectivity index (χ0v) is 11.3. The zero-order valence-electron chi connectivity index (χ0n) is 10.5. The Balaban J connectivity index is 2.84. The van der Waals surface area contributed by atoms with E-state index in [1.165, 1.54) is 6.07 Å². The van der Waals surface area contributed by atoms with E-state index in [1.54, 1.807) is 30.3 Å². The lowest BCUT2D eigenvalue weighted by Crippen LogP contribution is -2.09. The first-order valence-electron chi connectivity index (χ1n) is 5.63. The van der Waals surface area contributed by atoms with Gasteiger partial charge in [0.25, 0.3) is 0 Å². The number of benzene rings is 2. The van der Waals surface area contributed by atoms with Crippen molar-refractivity contribution in [2.45, 2.75) is 4.90 Å². The van der Waals surface area contributed by atoms with Gasteiger partial charge in [0.2, 0.25) is 0 Å². The molecular weight excluding hydrogens is 283 g/mol. The number of halogens is 1. The number of sulfone groups is 1.